The summed E-state index contributed by atoms with van der Waals surface area (Å²) in [5.41, 5.74) is 0.975. The molecule has 1 aromatic rings. The van der Waals surface area contributed by atoms with Gasteiger partial charge >= 0.3 is 6.09 Å². The molecule has 4 heteroatoms. The highest BCUT2D eigenvalue weighted by Crippen LogP contribution is 2.10. The fraction of sp³-hybridized carbons (Fsp3) is 0.667. The zero-order chi connectivity index (χ0) is 18.2. The topological polar surface area (TPSA) is 49.8 Å². The number of carbonyl (C=O) groups is 1. The highest BCUT2D eigenvalue weighted by atomic mass is 16.6. The summed E-state index contributed by atoms with van der Waals surface area (Å²) in [6.07, 6.45) is 10.9. The molecule has 0 saturated carbocycles. The van der Waals surface area contributed by atoms with Crippen molar-refractivity contribution < 1.29 is 14.6 Å². The van der Waals surface area contributed by atoms with Crippen LogP contribution >= 0.6 is 0 Å². The Morgan fingerprint density at radius 3 is 2.12 bits per heavy atom. The Hall–Kier alpha value is -1.55. The van der Waals surface area contributed by atoms with Crippen molar-refractivity contribution in [2.75, 3.05) is 19.7 Å². The van der Waals surface area contributed by atoms with E-state index in [2.05, 4.69) is 6.92 Å². The molecule has 1 amide bonds. The van der Waals surface area contributed by atoms with Gasteiger partial charge in [0.2, 0.25) is 0 Å². The van der Waals surface area contributed by atoms with Gasteiger partial charge in [-0.3, -0.25) is 0 Å². The predicted octanol–water partition coefficient (Wildman–Crippen LogP) is 5.15. The average molecular weight is 350 g/mol. The number of hydrogen-bond donors (Lipinski definition) is 1. The van der Waals surface area contributed by atoms with E-state index in [-0.39, 0.29) is 19.3 Å². The minimum atomic E-state index is -0.336. The Balaban J connectivity index is 2.14. The predicted molar refractivity (Wildman–Crippen MR) is 103 cm³/mol. The van der Waals surface area contributed by atoms with E-state index >= 15 is 0 Å². The molecule has 0 radical (unpaired) electrons. The lowest BCUT2D eigenvalue weighted by Crippen LogP contribution is -2.34. The first-order valence-corrected chi connectivity index (χ1v) is 9.84. The lowest BCUT2D eigenvalue weighted by atomic mass is 10.1. The first-order valence-electron chi connectivity index (χ1n) is 9.84. The number of aliphatic hydroxyl groups excluding tert-OH is 1. The monoisotopic (exact) mass is 349 g/mol. The van der Waals surface area contributed by atoms with Gasteiger partial charge in [0.25, 0.3) is 0 Å². The van der Waals surface area contributed by atoms with E-state index in [1.807, 2.05) is 30.3 Å². The maximum Gasteiger partial charge on any atom is 0.410 e. The van der Waals surface area contributed by atoms with Crippen LogP contribution in [0.5, 0.6) is 0 Å². The van der Waals surface area contributed by atoms with Crippen molar-refractivity contribution >= 4 is 6.09 Å². The number of hydrogen-bond acceptors (Lipinski definition) is 3. The summed E-state index contributed by atoms with van der Waals surface area (Å²) in [6, 6.07) is 9.66. The van der Waals surface area contributed by atoms with Gasteiger partial charge in [0, 0.05) is 13.1 Å². The molecule has 0 aliphatic rings. The molecule has 0 spiro atoms. The first-order chi connectivity index (χ1) is 12.3. The summed E-state index contributed by atoms with van der Waals surface area (Å²) in [4.78, 5) is 13.8. The smallest absolute Gasteiger partial charge is 0.410 e. The number of amides is 1. The van der Waals surface area contributed by atoms with Crippen molar-refractivity contribution in [1.29, 1.82) is 0 Å². The van der Waals surface area contributed by atoms with Crippen LogP contribution in [-0.2, 0) is 11.3 Å². The number of ether oxygens (including phenoxy) is 1. The standard InChI is InChI=1S/C21H35NO3/c1-2-3-4-5-6-7-8-9-13-16-22(17-18-23)21(24)25-19-20-14-11-10-12-15-20/h10-12,14-15,23H,2-9,13,16-19H2,1H3. The molecule has 0 aliphatic carbocycles. The second kappa shape index (κ2) is 14.8. The van der Waals surface area contributed by atoms with E-state index in [1.54, 1.807) is 4.90 Å². The van der Waals surface area contributed by atoms with Gasteiger partial charge in [-0.05, 0) is 12.0 Å². The van der Waals surface area contributed by atoms with E-state index in [0.29, 0.717) is 13.1 Å². The van der Waals surface area contributed by atoms with Crippen molar-refractivity contribution in [3.63, 3.8) is 0 Å². The molecular formula is C21H35NO3. The summed E-state index contributed by atoms with van der Waals surface area (Å²) in [7, 11) is 0. The van der Waals surface area contributed by atoms with Crippen LogP contribution in [0.25, 0.3) is 0 Å². The molecule has 25 heavy (non-hydrogen) atoms. The molecule has 1 N–H and O–H groups in total. The van der Waals surface area contributed by atoms with Gasteiger partial charge in [-0.25, -0.2) is 4.79 Å². The minimum absolute atomic E-state index is 0.0299. The van der Waals surface area contributed by atoms with Gasteiger partial charge in [-0.2, -0.15) is 0 Å². The number of rotatable bonds is 14. The van der Waals surface area contributed by atoms with Gasteiger partial charge in [0.15, 0.2) is 0 Å². The molecule has 0 heterocycles. The van der Waals surface area contributed by atoms with E-state index < -0.39 is 0 Å². The first kappa shape index (κ1) is 21.5. The van der Waals surface area contributed by atoms with Crippen molar-refractivity contribution in [3.8, 4) is 0 Å². The van der Waals surface area contributed by atoms with Crippen molar-refractivity contribution in [2.24, 2.45) is 0 Å². The Morgan fingerprint density at radius 2 is 1.52 bits per heavy atom. The summed E-state index contributed by atoms with van der Waals surface area (Å²) in [5.74, 6) is 0. The molecule has 0 aliphatic heterocycles. The quantitative estimate of drug-likeness (QED) is 0.473. The molecule has 4 nitrogen and oxygen atoms in total. The summed E-state index contributed by atoms with van der Waals surface area (Å²) in [6.45, 7) is 3.48. The number of benzene rings is 1. The van der Waals surface area contributed by atoms with Crippen LogP contribution in [0.3, 0.4) is 0 Å². The third-order valence-electron chi connectivity index (χ3n) is 4.36. The van der Waals surface area contributed by atoms with E-state index in [4.69, 9.17) is 9.84 Å². The van der Waals surface area contributed by atoms with E-state index in [1.165, 1.54) is 44.9 Å². The number of nitrogens with zero attached hydrogens (tertiary/aromatic N) is 1. The molecule has 0 bridgehead atoms. The molecular weight excluding hydrogens is 314 g/mol. The van der Waals surface area contributed by atoms with Crippen LogP contribution in [0.1, 0.15) is 70.3 Å². The van der Waals surface area contributed by atoms with Crippen LogP contribution in [-0.4, -0.2) is 35.8 Å². The molecule has 0 fully saturated rings. The van der Waals surface area contributed by atoms with E-state index in [9.17, 15) is 4.79 Å². The Labute approximate surface area is 153 Å². The largest absolute Gasteiger partial charge is 0.445 e. The molecule has 142 valence electrons. The molecule has 0 unspecified atom stereocenters. The molecule has 1 rings (SSSR count). The van der Waals surface area contributed by atoms with Gasteiger partial charge < -0.3 is 14.7 Å². The summed E-state index contributed by atoms with van der Waals surface area (Å²) >= 11 is 0. The molecule has 1 aromatic carbocycles. The Bertz CT molecular complexity index is 436. The van der Waals surface area contributed by atoms with Gasteiger partial charge in [0.05, 0.1) is 6.61 Å². The summed E-state index contributed by atoms with van der Waals surface area (Å²) in [5, 5.41) is 9.16. The highest BCUT2D eigenvalue weighted by molar-refractivity contribution is 5.67. The number of aliphatic hydroxyl groups is 1. The Morgan fingerprint density at radius 1 is 0.920 bits per heavy atom. The fourth-order valence-corrected chi connectivity index (χ4v) is 2.84. The normalized spacial score (nSPS) is 10.6. The third-order valence-corrected chi connectivity index (χ3v) is 4.36. The second-order valence-corrected chi connectivity index (χ2v) is 6.58. The van der Waals surface area contributed by atoms with Crippen LogP contribution in [0.4, 0.5) is 4.79 Å². The van der Waals surface area contributed by atoms with Crippen molar-refractivity contribution in [3.05, 3.63) is 35.9 Å². The number of unbranched alkanes of at least 4 members (excludes halogenated alkanes) is 8. The average Bonchev–Trinajstić information content (AvgIpc) is 2.64. The third kappa shape index (κ3) is 10.8. The van der Waals surface area contributed by atoms with Crippen LogP contribution in [0.2, 0.25) is 0 Å². The van der Waals surface area contributed by atoms with Gasteiger partial charge in [0.1, 0.15) is 6.61 Å². The van der Waals surface area contributed by atoms with Crippen molar-refractivity contribution in [1.82, 2.24) is 4.90 Å². The van der Waals surface area contributed by atoms with Gasteiger partial charge in [-0.15, -0.1) is 0 Å². The zero-order valence-corrected chi connectivity index (χ0v) is 15.8. The van der Waals surface area contributed by atoms with Crippen molar-refractivity contribution in [2.45, 2.75) is 71.3 Å². The lowest BCUT2D eigenvalue weighted by Gasteiger charge is -2.21. The SMILES string of the molecule is CCCCCCCCCCCN(CCO)C(=O)OCc1ccccc1. The Kier molecular flexibility index (Phi) is 12.7. The summed E-state index contributed by atoms with van der Waals surface area (Å²) < 4.78 is 5.35. The number of carbonyl (C=O) groups excluding carboxylic acids is 1. The van der Waals surface area contributed by atoms with Crippen LogP contribution in [0, 0.1) is 0 Å². The molecule has 0 atom stereocenters. The maximum atomic E-state index is 12.2. The van der Waals surface area contributed by atoms with Gasteiger partial charge in [-0.1, -0.05) is 88.6 Å². The lowest BCUT2D eigenvalue weighted by molar-refractivity contribution is 0.0878. The maximum absolute atomic E-state index is 12.2. The second-order valence-electron chi connectivity index (χ2n) is 6.58. The zero-order valence-electron chi connectivity index (χ0n) is 15.8. The minimum Gasteiger partial charge on any atom is -0.445 e. The van der Waals surface area contributed by atoms with Crippen LogP contribution < -0.4 is 0 Å². The van der Waals surface area contributed by atoms with E-state index in [0.717, 1.165) is 18.4 Å². The highest BCUT2D eigenvalue weighted by Gasteiger charge is 2.14. The van der Waals surface area contributed by atoms with Crippen LogP contribution in [0.15, 0.2) is 30.3 Å². The molecule has 0 aromatic heterocycles. The molecule has 0 saturated heterocycles. The fourth-order valence-electron chi connectivity index (χ4n) is 2.84.